The van der Waals surface area contributed by atoms with Crippen LogP contribution in [0.2, 0.25) is 0 Å². The number of aromatic nitrogens is 2. The van der Waals surface area contributed by atoms with Crippen LogP contribution in [0.5, 0.6) is 5.75 Å². The van der Waals surface area contributed by atoms with E-state index in [4.69, 9.17) is 15.4 Å². The highest BCUT2D eigenvalue weighted by atomic mass is 16.5. The molecule has 0 fully saturated rings. The summed E-state index contributed by atoms with van der Waals surface area (Å²) in [7, 11) is 0. The fourth-order valence-corrected chi connectivity index (χ4v) is 2.81. The van der Waals surface area contributed by atoms with Crippen LogP contribution < -0.4 is 4.74 Å². The summed E-state index contributed by atoms with van der Waals surface area (Å²) in [6, 6.07) is 13.3. The van der Waals surface area contributed by atoms with Crippen molar-refractivity contribution in [2.45, 2.75) is 33.3 Å². The van der Waals surface area contributed by atoms with Gasteiger partial charge in [-0.1, -0.05) is 19.4 Å². The maximum absolute atomic E-state index is 8.79. The molecule has 1 N–H and O–H groups in total. The van der Waals surface area contributed by atoms with Gasteiger partial charge in [-0.2, -0.15) is 5.26 Å². The zero-order valence-electron chi connectivity index (χ0n) is 14.9. The third-order valence-corrected chi connectivity index (χ3v) is 4.08. The smallest absolute Gasteiger partial charge is 0.140 e. The fraction of sp³-hybridized carbons (Fsp3) is 0.238. The molecule has 5 heteroatoms. The second kappa shape index (κ2) is 7.75. The van der Waals surface area contributed by atoms with E-state index >= 15 is 0 Å². The van der Waals surface area contributed by atoms with Crippen LogP contribution in [0.15, 0.2) is 42.6 Å². The van der Waals surface area contributed by atoms with Gasteiger partial charge in [-0.15, -0.1) is 0 Å². The van der Waals surface area contributed by atoms with Gasteiger partial charge in [0, 0.05) is 40.2 Å². The third kappa shape index (κ3) is 3.86. The minimum atomic E-state index is 0.370. The van der Waals surface area contributed by atoms with Crippen molar-refractivity contribution in [3.8, 4) is 11.8 Å². The van der Waals surface area contributed by atoms with E-state index in [1.807, 2.05) is 43.3 Å². The molecule has 2 aromatic heterocycles. The van der Waals surface area contributed by atoms with Gasteiger partial charge in [-0.05, 0) is 37.6 Å². The van der Waals surface area contributed by atoms with Crippen LogP contribution in [0.25, 0.3) is 10.9 Å². The Kier molecular flexibility index (Phi) is 5.23. The van der Waals surface area contributed by atoms with E-state index in [1.54, 1.807) is 12.3 Å². The van der Waals surface area contributed by atoms with Crippen LogP contribution in [0.4, 0.5) is 0 Å². The summed E-state index contributed by atoms with van der Waals surface area (Å²) in [5.74, 6) is 0.716. The number of nitrogens with one attached hydrogen (secondary N) is 1. The summed E-state index contributed by atoms with van der Waals surface area (Å²) in [4.78, 5) is 8.63. The van der Waals surface area contributed by atoms with Crippen molar-refractivity contribution >= 4 is 16.6 Å². The Morgan fingerprint density at radius 1 is 1.23 bits per heavy atom. The maximum atomic E-state index is 8.79. The highest BCUT2D eigenvalue weighted by Crippen LogP contribution is 2.25. The van der Waals surface area contributed by atoms with E-state index in [1.165, 1.54) is 0 Å². The largest absolute Gasteiger partial charge is 0.489 e. The van der Waals surface area contributed by atoms with Crippen molar-refractivity contribution in [2.24, 2.45) is 0 Å². The van der Waals surface area contributed by atoms with E-state index < -0.39 is 0 Å². The Hall–Kier alpha value is -3.26. The second-order valence-electron chi connectivity index (χ2n) is 6.17. The molecule has 0 aliphatic rings. The van der Waals surface area contributed by atoms with Gasteiger partial charge >= 0.3 is 0 Å². The van der Waals surface area contributed by atoms with Crippen molar-refractivity contribution in [2.75, 3.05) is 0 Å². The lowest BCUT2D eigenvalue weighted by Gasteiger charge is -2.11. The van der Waals surface area contributed by atoms with Gasteiger partial charge in [0.15, 0.2) is 0 Å². The number of benzene rings is 1. The first-order valence-electron chi connectivity index (χ1n) is 8.57. The zero-order valence-corrected chi connectivity index (χ0v) is 14.9. The monoisotopic (exact) mass is 344 g/mol. The van der Waals surface area contributed by atoms with E-state index in [0.717, 1.165) is 40.6 Å². The van der Waals surface area contributed by atoms with Gasteiger partial charge in [-0.3, -0.25) is 4.98 Å². The summed E-state index contributed by atoms with van der Waals surface area (Å²) in [5.41, 5.74) is 4.59. The summed E-state index contributed by atoms with van der Waals surface area (Å²) in [6.07, 6.45) is 3.34. The van der Waals surface area contributed by atoms with Crippen LogP contribution in [0.1, 0.15) is 42.3 Å². The lowest BCUT2D eigenvalue weighted by molar-refractivity contribution is 0.306. The predicted octanol–water partition coefficient (Wildman–Crippen LogP) is 4.56. The highest BCUT2D eigenvalue weighted by molar-refractivity contribution is 6.08. The fourth-order valence-electron chi connectivity index (χ4n) is 2.81. The van der Waals surface area contributed by atoms with Gasteiger partial charge in [0.1, 0.15) is 24.1 Å². The number of fused-ring (bicyclic) bond motifs is 1. The molecule has 0 bridgehead atoms. The molecular weight excluding hydrogens is 324 g/mol. The zero-order chi connectivity index (χ0) is 18.5. The van der Waals surface area contributed by atoms with Gasteiger partial charge < -0.3 is 10.1 Å². The lowest BCUT2D eigenvalue weighted by Crippen LogP contribution is -2.02. The van der Waals surface area contributed by atoms with Crippen LogP contribution in [0, 0.1) is 23.7 Å². The number of ether oxygens (including phenoxy) is 1. The Morgan fingerprint density at radius 2 is 2.08 bits per heavy atom. The Labute approximate surface area is 152 Å². The minimum Gasteiger partial charge on any atom is -0.489 e. The maximum Gasteiger partial charge on any atom is 0.140 e. The van der Waals surface area contributed by atoms with Crippen LogP contribution >= 0.6 is 0 Å². The normalized spacial score (nSPS) is 10.5. The SMILES string of the molecule is CCCC(=N)c1cc(C)nc2cc(OCc3ccc(C#N)nc3)ccc12. The minimum absolute atomic E-state index is 0.370. The third-order valence-electron chi connectivity index (χ3n) is 4.08. The molecule has 0 atom stereocenters. The van der Waals surface area contributed by atoms with Crippen molar-refractivity contribution < 1.29 is 4.74 Å². The molecule has 130 valence electrons. The quantitative estimate of drug-likeness (QED) is 0.665. The Bertz CT molecular complexity index is 987. The first-order chi connectivity index (χ1) is 12.6. The van der Waals surface area contributed by atoms with Crippen LogP contribution in [-0.4, -0.2) is 15.7 Å². The number of nitrogens with zero attached hydrogens (tertiary/aromatic N) is 3. The molecule has 0 aliphatic heterocycles. The molecular formula is C21H20N4O. The molecule has 3 aromatic rings. The lowest BCUT2D eigenvalue weighted by atomic mass is 10.0. The first kappa shape index (κ1) is 17.6. The summed E-state index contributed by atoms with van der Waals surface area (Å²) in [5, 5.41) is 18.1. The number of hydrogen-bond donors (Lipinski definition) is 1. The number of aryl methyl sites for hydroxylation is 1. The van der Waals surface area contributed by atoms with E-state index in [9.17, 15) is 0 Å². The van der Waals surface area contributed by atoms with Crippen molar-refractivity contribution in [3.63, 3.8) is 0 Å². The molecule has 0 saturated heterocycles. The number of nitriles is 1. The number of pyridine rings is 2. The van der Waals surface area contributed by atoms with Crippen molar-refractivity contribution in [1.82, 2.24) is 9.97 Å². The summed E-state index contributed by atoms with van der Waals surface area (Å²) >= 11 is 0. The average Bonchev–Trinajstić information content (AvgIpc) is 2.66. The predicted molar refractivity (Wildman–Crippen MR) is 102 cm³/mol. The van der Waals surface area contributed by atoms with Gasteiger partial charge in [0.2, 0.25) is 0 Å². The molecule has 0 unspecified atom stereocenters. The van der Waals surface area contributed by atoms with Gasteiger partial charge in [0.05, 0.1) is 5.52 Å². The molecule has 0 saturated carbocycles. The van der Waals surface area contributed by atoms with E-state index in [0.29, 0.717) is 23.8 Å². The van der Waals surface area contributed by atoms with Crippen LogP contribution in [-0.2, 0) is 6.61 Å². The number of rotatable bonds is 6. The molecule has 3 rings (SSSR count). The van der Waals surface area contributed by atoms with Crippen molar-refractivity contribution in [3.05, 3.63) is 65.1 Å². The summed E-state index contributed by atoms with van der Waals surface area (Å²) in [6.45, 7) is 4.39. The summed E-state index contributed by atoms with van der Waals surface area (Å²) < 4.78 is 5.84. The molecule has 1 aromatic carbocycles. The van der Waals surface area contributed by atoms with E-state index in [-0.39, 0.29) is 0 Å². The highest BCUT2D eigenvalue weighted by Gasteiger charge is 2.10. The average molecular weight is 344 g/mol. The molecule has 0 spiro atoms. The standard InChI is InChI=1S/C21H20N4O/c1-3-4-20(23)19-9-14(2)25-21-10-17(7-8-18(19)21)26-13-15-5-6-16(11-22)24-12-15/h5-10,12,23H,3-4,13H2,1-2H3. The van der Waals surface area contributed by atoms with Gasteiger partial charge in [-0.25, -0.2) is 4.98 Å². The first-order valence-corrected chi connectivity index (χ1v) is 8.57. The molecule has 5 nitrogen and oxygen atoms in total. The van der Waals surface area contributed by atoms with Crippen LogP contribution in [0.3, 0.4) is 0 Å². The van der Waals surface area contributed by atoms with Crippen molar-refractivity contribution in [1.29, 1.82) is 10.7 Å². The molecule has 0 aliphatic carbocycles. The topological polar surface area (TPSA) is 82.6 Å². The second-order valence-corrected chi connectivity index (χ2v) is 6.17. The molecule has 26 heavy (non-hydrogen) atoms. The van der Waals surface area contributed by atoms with E-state index in [2.05, 4.69) is 16.9 Å². The molecule has 2 heterocycles. The Morgan fingerprint density at radius 3 is 2.77 bits per heavy atom. The molecule has 0 radical (unpaired) electrons. The molecule has 0 amide bonds. The Balaban J connectivity index is 1.84. The van der Waals surface area contributed by atoms with Gasteiger partial charge in [0.25, 0.3) is 0 Å². The number of hydrogen-bond acceptors (Lipinski definition) is 5.